The molecular formula is C18H17BrN2O2S. The van der Waals surface area contributed by atoms with Gasteiger partial charge in [0.15, 0.2) is 0 Å². The number of anilines is 1. The van der Waals surface area contributed by atoms with Crippen LogP contribution in [0.1, 0.15) is 25.3 Å². The Morgan fingerprint density at radius 3 is 2.62 bits per heavy atom. The van der Waals surface area contributed by atoms with E-state index in [0.717, 1.165) is 15.4 Å². The van der Waals surface area contributed by atoms with Crippen LogP contribution in [0.2, 0.25) is 0 Å². The maximum atomic E-state index is 12.8. The van der Waals surface area contributed by atoms with Crippen LogP contribution in [0.4, 0.5) is 5.69 Å². The summed E-state index contributed by atoms with van der Waals surface area (Å²) < 4.78 is 29.1. The zero-order chi connectivity index (χ0) is 17.3. The van der Waals surface area contributed by atoms with E-state index < -0.39 is 10.0 Å². The predicted octanol–water partition coefficient (Wildman–Crippen LogP) is 4.92. The molecule has 0 aliphatic carbocycles. The van der Waals surface area contributed by atoms with E-state index >= 15 is 0 Å². The van der Waals surface area contributed by atoms with Crippen LogP contribution in [0.15, 0.2) is 64.2 Å². The molecule has 0 saturated heterocycles. The van der Waals surface area contributed by atoms with Gasteiger partial charge in [-0.3, -0.25) is 9.71 Å². The van der Waals surface area contributed by atoms with Crippen molar-refractivity contribution in [1.29, 1.82) is 0 Å². The number of pyridine rings is 1. The lowest BCUT2D eigenvalue weighted by Crippen LogP contribution is -2.14. The molecule has 0 bridgehead atoms. The molecule has 4 nitrogen and oxygen atoms in total. The van der Waals surface area contributed by atoms with Crippen LogP contribution < -0.4 is 4.72 Å². The molecule has 124 valence electrons. The van der Waals surface area contributed by atoms with Crippen LogP contribution >= 0.6 is 15.9 Å². The van der Waals surface area contributed by atoms with Crippen molar-refractivity contribution in [2.45, 2.75) is 24.7 Å². The van der Waals surface area contributed by atoms with Gasteiger partial charge in [-0.1, -0.05) is 32.0 Å². The molecule has 0 atom stereocenters. The molecule has 2 aromatic carbocycles. The van der Waals surface area contributed by atoms with Gasteiger partial charge in [-0.05, 0) is 51.7 Å². The van der Waals surface area contributed by atoms with Crippen LogP contribution in [0.5, 0.6) is 0 Å². The second-order valence-electron chi connectivity index (χ2n) is 5.85. The molecule has 24 heavy (non-hydrogen) atoms. The lowest BCUT2D eigenvalue weighted by molar-refractivity contribution is 0.602. The van der Waals surface area contributed by atoms with Crippen LogP contribution in [0.3, 0.4) is 0 Å². The summed E-state index contributed by atoms with van der Waals surface area (Å²) in [5.41, 5.74) is 1.66. The Hall–Kier alpha value is -1.92. The van der Waals surface area contributed by atoms with Crippen LogP contribution in [-0.2, 0) is 10.0 Å². The highest BCUT2D eigenvalue weighted by atomic mass is 79.9. The Kier molecular flexibility index (Phi) is 4.60. The minimum Gasteiger partial charge on any atom is -0.278 e. The Bertz CT molecular complexity index is 996. The number of fused-ring (bicyclic) bond motifs is 1. The van der Waals surface area contributed by atoms with Gasteiger partial charge in [0.2, 0.25) is 0 Å². The summed E-state index contributed by atoms with van der Waals surface area (Å²) in [6.07, 6.45) is 3.25. The van der Waals surface area contributed by atoms with E-state index in [9.17, 15) is 8.42 Å². The average Bonchev–Trinajstić information content (AvgIpc) is 2.56. The van der Waals surface area contributed by atoms with Crippen molar-refractivity contribution in [3.63, 3.8) is 0 Å². The molecule has 0 unspecified atom stereocenters. The van der Waals surface area contributed by atoms with Crippen molar-refractivity contribution < 1.29 is 8.42 Å². The zero-order valence-electron chi connectivity index (χ0n) is 13.3. The highest BCUT2D eigenvalue weighted by Crippen LogP contribution is 2.30. The first-order valence-electron chi connectivity index (χ1n) is 7.53. The minimum absolute atomic E-state index is 0.238. The van der Waals surface area contributed by atoms with Crippen LogP contribution in [0.25, 0.3) is 10.8 Å². The maximum absolute atomic E-state index is 12.8. The number of hydrogen-bond acceptors (Lipinski definition) is 3. The van der Waals surface area contributed by atoms with Gasteiger partial charge >= 0.3 is 0 Å². The summed E-state index contributed by atoms with van der Waals surface area (Å²) in [4.78, 5) is 4.28. The normalized spacial score (nSPS) is 11.8. The SMILES string of the molecule is CC(C)c1ccc(NS(=O)(=O)c2cccc3cnccc23)c(Br)c1. The quantitative estimate of drug-likeness (QED) is 0.670. The largest absolute Gasteiger partial charge is 0.278 e. The fraction of sp³-hybridized carbons (Fsp3) is 0.167. The van der Waals surface area contributed by atoms with Crippen molar-refractivity contribution >= 4 is 42.4 Å². The Morgan fingerprint density at radius 2 is 1.92 bits per heavy atom. The topological polar surface area (TPSA) is 59.1 Å². The first-order chi connectivity index (χ1) is 11.4. The van der Waals surface area contributed by atoms with E-state index in [0.29, 0.717) is 17.0 Å². The smallest absolute Gasteiger partial charge is 0.262 e. The van der Waals surface area contributed by atoms with Gasteiger partial charge in [0.1, 0.15) is 0 Å². The van der Waals surface area contributed by atoms with Gasteiger partial charge in [-0.2, -0.15) is 0 Å². The van der Waals surface area contributed by atoms with Gasteiger partial charge in [0, 0.05) is 27.6 Å². The van der Waals surface area contributed by atoms with E-state index in [2.05, 4.69) is 39.5 Å². The van der Waals surface area contributed by atoms with Gasteiger partial charge in [-0.15, -0.1) is 0 Å². The molecule has 6 heteroatoms. The zero-order valence-corrected chi connectivity index (χ0v) is 15.7. The third-order valence-electron chi connectivity index (χ3n) is 3.83. The Labute approximate surface area is 150 Å². The molecule has 3 aromatic rings. The molecule has 1 aromatic heterocycles. The fourth-order valence-electron chi connectivity index (χ4n) is 2.50. The maximum Gasteiger partial charge on any atom is 0.262 e. The highest BCUT2D eigenvalue weighted by molar-refractivity contribution is 9.10. The standard InChI is InChI=1S/C18H17BrN2O2S/c1-12(2)13-6-7-17(16(19)10-13)21-24(22,23)18-5-3-4-14-11-20-9-8-15(14)18/h3-12,21H,1-2H3. The molecule has 0 aliphatic heterocycles. The number of sulfonamides is 1. The van der Waals surface area contributed by atoms with E-state index in [-0.39, 0.29) is 4.90 Å². The minimum atomic E-state index is -3.70. The summed E-state index contributed by atoms with van der Waals surface area (Å²) >= 11 is 3.45. The average molecular weight is 405 g/mol. The fourth-order valence-corrected chi connectivity index (χ4v) is 4.44. The summed E-state index contributed by atoms with van der Waals surface area (Å²) in [7, 11) is -3.70. The van der Waals surface area contributed by atoms with E-state index in [1.54, 1.807) is 36.7 Å². The van der Waals surface area contributed by atoms with Gasteiger partial charge in [0.25, 0.3) is 10.0 Å². The molecular weight excluding hydrogens is 388 g/mol. The number of aromatic nitrogens is 1. The number of nitrogens with zero attached hydrogens (tertiary/aromatic N) is 1. The van der Waals surface area contributed by atoms with Gasteiger partial charge in [-0.25, -0.2) is 8.42 Å². The monoisotopic (exact) mass is 404 g/mol. The first kappa shape index (κ1) is 16.9. The molecule has 0 radical (unpaired) electrons. The van der Waals surface area contributed by atoms with Gasteiger partial charge in [0.05, 0.1) is 10.6 Å². The molecule has 1 heterocycles. The summed E-state index contributed by atoms with van der Waals surface area (Å²) in [6.45, 7) is 4.19. The van der Waals surface area contributed by atoms with Crippen molar-refractivity contribution in [1.82, 2.24) is 4.98 Å². The molecule has 0 spiro atoms. The summed E-state index contributed by atoms with van der Waals surface area (Å²) in [5.74, 6) is 0.373. The summed E-state index contributed by atoms with van der Waals surface area (Å²) in [5, 5.41) is 1.43. The van der Waals surface area contributed by atoms with Crippen LogP contribution in [-0.4, -0.2) is 13.4 Å². The van der Waals surface area contributed by atoms with E-state index in [1.807, 2.05) is 18.2 Å². The van der Waals surface area contributed by atoms with Crippen molar-refractivity contribution in [2.24, 2.45) is 0 Å². The van der Waals surface area contributed by atoms with E-state index in [4.69, 9.17) is 0 Å². The van der Waals surface area contributed by atoms with Crippen molar-refractivity contribution in [3.8, 4) is 0 Å². The number of rotatable bonds is 4. The Morgan fingerprint density at radius 1 is 1.12 bits per heavy atom. The molecule has 0 aliphatic rings. The Balaban J connectivity index is 2.03. The number of hydrogen-bond donors (Lipinski definition) is 1. The van der Waals surface area contributed by atoms with Gasteiger partial charge < -0.3 is 0 Å². The highest BCUT2D eigenvalue weighted by Gasteiger charge is 2.18. The predicted molar refractivity (Wildman–Crippen MR) is 101 cm³/mol. The van der Waals surface area contributed by atoms with Crippen LogP contribution in [0, 0.1) is 0 Å². The molecule has 0 amide bonds. The molecule has 0 fully saturated rings. The van der Waals surface area contributed by atoms with E-state index in [1.165, 1.54) is 0 Å². The lowest BCUT2D eigenvalue weighted by Gasteiger charge is -2.13. The molecule has 1 N–H and O–H groups in total. The molecule has 0 saturated carbocycles. The second-order valence-corrected chi connectivity index (χ2v) is 8.36. The second kappa shape index (κ2) is 6.53. The number of benzene rings is 2. The third kappa shape index (κ3) is 3.30. The lowest BCUT2D eigenvalue weighted by atomic mass is 10.0. The summed E-state index contributed by atoms with van der Waals surface area (Å²) in [6, 6.07) is 12.5. The number of halogens is 1. The van der Waals surface area contributed by atoms with Crippen molar-refractivity contribution in [2.75, 3.05) is 4.72 Å². The third-order valence-corrected chi connectivity index (χ3v) is 5.91. The first-order valence-corrected chi connectivity index (χ1v) is 9.81. The molecule has 3 rings (SSSR count). The number of nitrogens with one attached hydrogen (secondary N) is 1. The van der Waals surface area contributed by atoms with Crippen molar-refractivity contribution in [3.05, 3.63) is 64.9 Å².